The minimum absolute atomic E-state index is 0.156. The zero-order valence-electron chi connectivity index (χ0n) is 13.8. The van der Waals surface area contributed by atoms with E-state index in [-0.39, 0.29) is 6.10 Å². The lowest BCUT2D eigenvalue weighted by atomic mass is 10.2. The van der Waals surface area contributed by atoms with Gasteiger partial charge in [0, 0.05) is 18.5 Å². The van der Waals surface area contributed by atoms with Crippen LogP contribution in [0.2, 0.25) is 0 Å². The highest BCUT2D eigenvalue weighted by Crippen LogP contribution is 2.20. The van der Waals surface area contributed by atoms with Gasteiger partial charge in [-0.3, -0.25) is 9.88 Å². The second-order valence-electron chi connectivity index (χ2n) is 5.85. The summed E-state index contributed by atoms with van der Waals surface area (Å²) < 4.78 is 16.7. The zero-order chi connectivity index (χ0) is 16.1. The molecule has 124 valence electrons. The van der Waals surface area contributed by atoms with E-state index in [4.69, 9.17) is 19.2 Å². The minimum Gasteiger partial charge on any atom is -0.494 e. The summed E-state index contributed by atoms with van der Waals surface area (Å²) >= 11 is 0. The molecule has 0 unspecified atom stereocenters. The van der Waals surface area contributed by atoms with Crippen LogP contribution in [0.15, 0.2) is 30.3 Å². The van der Waals surface area contributed by atoms with Crippen molar-refractivity contribution in [3.63, 3.8) is 0 Å². The van der Waals surface area contributed by atoms with Crippen molar-refractivity contribution in [1.29, 1.82) is 0 Å². The van der Waals surface area contributed by atoms with Crippen molar-refractivity contribution < 1.29 is 14.2 Å². The van der Waals surface area contributed by atoms with Crippen LogP contribution in [0.1, 0.15) is 12.6 Å². The Morgan fingerprint density at radius 3 is 2.96 bits per heavy atom. The summed E-state index contributed by atoms with van der Waals surface area (Å²) in [6.07, 6.45) is 0.156. The number of ether oxygens (including phenoxy) is 3. The molecule has 3 rings (SSSR count). The lowest BCUT2D eigenvalue weighted by Crippen LogP contribution is -2.38. The van der Waals surface area contributed by atoms with Crippen LogP contribution < -0.4 is 4.74 Å². The predicted octanol–water partition coefficient (Wildman–Crippen LogP) is 2.48. The Balaban J connectivity index is 1.64. The maximum Gasteiger partial charge on any atom is 0.120 e. The predicted molar refractivity (Wildman–Crippen MR) is 89.8 cm³/mol. The number of hydrogen-bond donors (Lipinski definition) is 0. The maximum absolute atomic E-state index is 5.69. The van der Waals surface area contributed by atoms with E-state index in [2.05, 4.69) is 24.1 Å². The van der Waals surface area contributed by atoms with Gasteiger partial charge in [0.25, 0.3) is 0 Å². The molecule has 0 aliphatic carbocycles. The molecule has 2 heterocycles. The van der Waals surface area contributed by atoms with E-state index in [9.17, 15) is 0 Å². The first kappa shape index (κ1) is 16.2. The molecule has 1 aromatic carbocycles. The Labute approximate surface area is 137 Å². The largest absolute Gasteiger partial charge is 0.494 e. The second-order valence-corrected chi connectivity index (χ2v) is 5.85. The van der Waals surface area contributed by atoms with E-state index in [1.54, 1.807) is 0 Å². The normalized spacial score (nSPS) is 18.5. The summed E-state index contributed by atoms with van der Waals surface area (Å²) in [5, 5.41) is 1.10. The monoisotopic (exact) mass is 316 g/mol. The van der Waals surface area contributed by atoms with Gasteiger partial charge in [0.1, 0.15) is 5.75 Å². The summed E-state index contributed by atoms with van der Waals surface area (Å²) in [7, 11) is 2.09. The molecule has 1 atom stereocenters. The number of benzene rings is 1. The molecule has 0 radical (unpaired) electrons. The molecular weight excluding hydrogens is 292 g/mol. The van der Waals surface area contributed by atoms with E-state index >= 15 is 0 Å². The first-order valence-corrected chi connectivity index (χ1v) is 8.15. The van der Waals surface area contributed by atoms with E-state index in [0.29, 0.717) is 26.4 Å². The summed E-state index contributed by atoms with van der Waals surface area (Å²) in [6, 6.07) is 10.2. The third-order valence-corrected chi connectivity index (χ3v) is 3.86. The fourth-order valence-corrected chi connectivity index (χ4v) is 2.82. The number of hydrogen-bond acceptors (Lipinski definition) is 5. The number of pyridine rings is 1. The maximum atomic E-state index is 5.69. The van der Waals surface area contributed by atoms with E-state index in [0.717, 1.165) is 35.4 Å². The highest BCUT2D eigenvalue weighted by atomic mass is 16.6. The van der Waals surface area contributed by atoms with Crippen LogP contribution in [0.4, 0.5) is 0 Å². The molecule has 2 aromatic rings. The molecule has 1 fully saturated rings. The second kappa shape index (κ2) is 7.73. The van der Waals surface area contributed by atoms with Crippen molar-refractivity contribution in [2.45, 2.75) is 19.6 Å². The fourth-order valence-electron chi connectivity index (χ4n) is 2.82. The van der Waals surface area contributed by atoms with Gasteiger partial charge >= 0.3 is 0 Å². The molecular formula is C18H24N2O3. The van der Waals surface area contributed by atoms with E-state index in [1.165, 1.54) is 0 Å². The van der Waals surface area contributed by atoms with Crippen molar-refractivity contribution in [2.24, 2.45) is 0 Å². The van der Waals surface area contributed by atoms with Gasteiger partial charge in [-0.1, -0.05) is 6.07 Å². The Hall–Kier alpha value is -1.69. The molecule has 23 heavy (non-hydrogen) atoms. The molecule has 5 nitrogen and oxygen atoms in total. The smallest absolute Gasteiger partial charge is 0.120 e. The summed E-state index contributed by atoms with van der Waals surface area (Å²) in [4.78, 5) is 6.96. The van der Waals surface area contributed by atoms with Crippen LogP contribution >= 0.6 is 0 Å². The molecule has 1 aliphatic heterocycles. The number of rotatable bonds is 6. The molecule has 1 aromatic heterocycles. The van der Waals surface area contributed by atoms with Gasteiger partial charge < -0.3 is 14.2 Å². The van der Waals surface area contributed by atoms with Crippen LogP contribution in [0.3, 0.4) is 0 Å². The van der Waals surface area contributed by atoms with Crippen LogP contribution in [0.5, 0.6) is 5.75 Å². The van der Waals surface area contributed by atoms with Crippen molar-refractivity contribution in [3.05, 3.63) is 36.0 Å². The standard InChI is InChI=1S/C18H24N2O3/c1-3-22-16-6-7-18-14(10-16)4-5-15(19-18)11-20(2)12-17-13-21-8-9-23-17/h4-7,10,17H,3,8-9,11-13H2,1-2H3/t17-/m0/s1. The van der Waals surface area contributed by atoms with Crippen LogP contribution in [-0.4, -0.2) is 56.0 Å². The van der Waals surface area contributed by atoms with Crippen molar-refractivity contribution in [2.75, 3.05) is 40.0 Å². The fraction of sp³-hybridized carbons (Fsp3) is 0.500. The highest BCUT2D eigenvalue weighted by molar-refractivity contribution is 5.80. The van der Waals surface area contributed by atoms with Crippen molar-refractivity contribution in [1.82, 2.24) is 9.88 Å². The summed E-state index contributed by atoms with van der Waals surface area (Å²) in [5.74, 6) is 0.890. The Morgan fingerprint density at radius 2 is 2.17 bits per heavy atom. The number of likely N-dealkylation sites (N-methyl/N-ethyl adjacent to an activating group) is 1. The third-order valence-electron chi connectivity index (χ3n) is 3.86. The van der Waals surface area contributed by atoms with Gasteiger partial charge in [0.05, 0.1) is 43.7 Å². The van der Waals surface area contributed by atoms with Crippen LogP contribution in [0, 0.1) is 0 Å². The molecule has 5 heteroatoms. The number of fused-ring (bicyclic) bond motifs is 1. The topological polar surface area (TPSA) is 43.8 Å². The first-order valence-electron chi connectivity index (χ1n) is 8.15. The summed E-state index contributed by atoms with van der Waals surface area (Å²) in [6.45, 7) is 6.38. The van der Waals surface area contributed by atoms with Gasteiger partial charge in [-0.05, 0) is 38.2 Å². The first-order chi connectivity index (χ1) is 11.2. The third kappa shape index (κ3) is 4.41. The van der Waals surface area contributed by atoms with Crippen LogP contribution in [-0.2, 0) is 16.0 Å². The van der Waals surface area contributed by atoms with Gasteiger partial charge in [0.15, 0.2) is 0 Å². The van der Waals surface area contributed by atoms with E-state index < -0.39 is 0 Å². The van der Waals surface area contributed by atoms with Crippen LogP contribution in [0.25, 0.3) is 10.9 Å². The minimum atomic E-state index is 0.156. The average molecular weight is 316 g/mol. The van der Waals surface area contributed by atoms with Gasteiger partial charge in [-0.25, -0.2) is 0 Å². The van der Waals surface area contributed by atoms with Crippen molar-refractivity contribution in [3.8, 4) is 5.75 Å². The van der Waals surface area contributed by atoms with E-state index in [1.807, 2.05) is 25.1 Å². The quantitative estimate of drug-likeness (QED) is 0.819. The molecule has 1 aliphatic rings. The molecule has 0 saturated carbocycles. The Morgan fingerprint density at radius 1 is 1.26 bits per heavy atom. The van der Waals surface area contributed by atoms with Gasteiger partial charge in [-0.2, -0.15) is 0 Å². The molecule has 0 N–H and O–H groups in total. The number of nitrogens with zero attached hydrogens (tertiary/aromatic N) is 2. The molecule has 0 spiro atoms. The lowest BCUT2D eigenvalue weighted by Gasteiger charge is -2.27. The SMILES string of the molecule is CCOc1ccc2nc(CN(C)C[C@H]3COCCO3)ccc2c1. The van der Waals surface area contributed by atoms with Gasteiger partial charge in [-0.15, -0.1) is 0 Å². The highest BCUT2D eigenvalue weighted by Gasteiger charge is 2.16. The summed E-state index contributed by atoms with van der Waals surface area (Å²) in [5.41, 5.74) is 2.05. The van der Waals surface area contributed by atoms with Gasteiger partial charge in [0.2, 0.25) is 0 Å². The van der Waals surface area contributed by atoms with Crippen molar-refractivity contribution >= 4 is 10.9 Å². The Kier molecular flexibility index (Phi) is 5.43. The zero-order valence-corrected chi connectivity index (χ0v) is 13.8. The molecule has 0 bridgehead atoms. The number of aromatic nitrogens is 1. The Bertz CT molecular complexity index is 641. The average Bonchev–Trinajstić information content (AvgIpc) is 2.56. The molecule has 0 amide bonds. The molecule has 1 saturated heterocycles. The lowest BCUT2D eigenvalue weighted by molar-refractivity contribution is -0.0963.